The van der Waals surface area contributed by atoms with E-state index in [-0.39, 0.29) is 11.7 Å². The van der Waals surface area contributed by atoms with Gasteiger partial charge < -0.3 is 5.11 Å². The van der Waals surface area contributed by atoms with E-state index in [1.807, 2.05) is 25.1 Å². The van der Waals surface area contributed by atoms with Crippen molar-refractivity contribution in [1.29, 1.82) is 0 Å². The number of rotatable bonds is 4. The maximum Gasteiger partial charge on any atom is 0.304 e. The van der Waals surface area contributed by atoms with E-state index in [1.165, 1.54) is 11.8 Å². The zero-order valence-electron chi connectivity index (χ0n) is 7.74. The molecule has 1 N–H and O–H groups in total. The van der Waals surface area contributed by atoms with Gasteiger partial charge in [-0.25, -0.2) is 0 Å². The first-order valence-electron chi connectivity index (χ1n) is 4.22. The monoisotopic (exact) mass is 230 g/mol. The normalized spacial score (nSPS) is 12.4. The van der Waals surface area contributed by atoms with Crippen LogP contribution >= 0.6 is 23.4 Å². The highest BCUT2D eigenvalue weighted by Gasteiger charge is 2.10. The smallest absolute Gasteiger partial charge is 0.304 e. The molecule has 0 heterocycles. The van der Waals surface area contributed by atoms with Gasteiger partial charge >= 0.3 is 5.97 Å². The lowest BCUT2D eigenvalue weighted by molar-refractivity contribution is -0.136. The standard InChI is InChI=1S/C10H11ClO2S/c1-7(6-10(12)13)14-9-5-3-2-4-8(9)11/h2-5,7H,6H2,1H3,(H,12,13)/t7-/m0/s1. The molecule has 0 saturated carbocycles. The molecule has 0 bridgehead atoms. The highest BCUT2D eigenvalue weighted by Crippen LogP contribution is 2.30. The van der Waals surface area contributed by atoms with E-state index in [1.54, 1.807) is 6.07 Å². The number of carbonyl (C=O) groups is 1. The third-order valence-corrected chi connectivity index (χ3v) is 3.25. The number of thioether (sulfide) groups is 1. The number of hydrogen-bond donors (Lipinski definition) is 1. The van der Waals surface area contributed by atoms with Gasteiger partial charge in [-0.2, -0.15) is 0 Å². The summed E-state index contributed by atoms with van der Waals surface area (Å²) < 4.78 is 0. The molecule has 0 saturated heterocycles. The summed E-state index contributed by atoms with van der Waals surface area (Å²) in [5.74, 6) is -0.781. The molecule has 0 unspecified atom stereocenters. The Hall–Kier alpha value is -0.670. The Bertz CT molecular complexity index is 328. The molecule has 0 amide bonds. The fraction of sp³-hybridized carbons (Fsp3) is 0.300. The Morgan fingerprint density at radius 3 is 2.79 bits per heavy atom. The van der Waals surface area contributed by atoms with Crippen LogP contribution in [0.25, 0.3) is 0 Å². The molecule has 14 heavy (non-hydrogen) atoms. The topological polar surface area (TPSA) is 37.3 Å². The van der Waals surface area contributed by atoms with Gasteiger partial charge in [-0.1, -0.05) is 30.7 Å². The third-order valence-electron chi connectivity index (χ3n) is 1.63. The molecular weight excluding hydrogens is 220 g/mol. The first-order valence-corrected chi connectivity index (χ1v) is 5.48. The molecule has 0 fully saturated rings. The zero-order valence-corrected chi connectivity index (χ0v) is 9.31. The lowest BCUT2D eigenvalue weighted by Crippen LogP contribution is -2.05. The number of aliphatic carboxylic acids is 1. The number of benzene rings is 1. The highest BCUT2D eigenvalue weighted by atomic mass is 35.5. The molecule has 1 aromatic rings. The van der Waals surface area contributed by atoms with Crippen molar-refractivity contribution >= 4 is 29.3 Å². The Labute approximate surface area is 92.3 Å². The lowest BCUT2D eigenvalue weighted by Gasteiger charge is -2.09. The van der Waals surface area contributed by atoms with Crippen LogP contribution in [-0.4, -0.2) is 16.3 Å². The predicted octanol–water partition coefficient (Wildman–Crippen LogP) is 3.30. The van der Waals surface area contributed by atoms with Crippen LogP contribution in [0.15, 0.2) is 29.2 Å². The second-order valence-corrected chi connectivity index (χ2v) is 4.84. The molecule has 4 heteroatoms. The number of carboxylic acid groups (broad SMARTS) is 1. The maximum absolute atomic E-state index is 10.4. The quantitative estimate of drug-likeness (QED) is 0.807. The van der Waals surface area contributed by atoms with Gasteiger partial charge in [-0.05, 0) is 12.1 Å². The molecule has 1 aromatic carbocycles. The van der Waals surface area contributed by atoms with Gasteiger partial charge in [0.15, 0.2) is 0 Å². The second kappa shape index (κ2) is 5.27. The van der Waals surface area contributed by atoms with Crippen molar-refractivity contribution in [2.45, 2.75) is 23.5 Å². The van der Waals surface area contributed by atoms with Crippen LogP contribution in [0.4, 0.5) is 0 Å². The summed E-state index contributed by atoms with van der Waals surface area (Å²) in [7, 11) is 0. The van der Waals surface area contributed by atoms with Crippen LogP contribution in [0.5, 0.6) is 0 Å². The highest BCUT2D eigenvalue weighted by molar-refractivity contribution is 8.00. The summed E-state index contributed by atoms with van der Waals surface area (Å²) in [6.07, 6.45) is 0.149. The van der Waals surface area contributed by atoms with E-state index in [0.29, 0.717) is 5.02 Å². The lowest BCUT2D eigenvalue weighted by atomic mass is 10.3. The molecule has 2 nitrogen and oxygen atoms in total. The van der Waals surface area contributed by atoms with Crippen LogP contribution in [0, 0.1) is 0 Å². The Morgan fingerprint density at radius 2 is 2.21 bits per heavy atom. The van der Waals surface area contributed by atoms with Crippen molar-refractivity contribution in [3.63, 3.8) is 0 Å². The number of halogens is 1. The Balaban J connectivity index is 2.60. The summed E-state index contributed by atoms with van der Waals surface area (Å²) >= 11 is 7.42. The Kier molecular flexibility index (Phi) is 4.29. The van der Waals surface area contributed by atoms with E-state index < -0.39 is 5.97 Å². The molecule has 76 valence electrons. The average molecular weight is 231 g/mol. The predicted molar refractivity (Wildman–Crippen MR) is 59.0 cm³/mol. The van der Waals surface area contributed by atoms with E-state index in [0.717, 1.165) is 4.90 Å². The fourth-order valence-electron chi connectivity index (χ4n) is 1.04. The van der Waals surface area contributed by atoms with Gasteiger partial charge in [0, 0.05) is 10.1 Å². The van der Waals surface area contributed by atoms with Crippen molar-refractivity contribution in [3.05, 3.63) is 29.3 Å². The summed E-state index contributed by atoms with van der Waals surface area (Å²) in [6, 6.07) is 7.44. The molecule has 0 spiro atoms. The maximum atomic E-state index is 10.4. The summed E-state index contributed by atoms with van der Waals surface area (Å²) in [4.78, 5) is 11.4. The largest absolute Gasteiger partial charge is 0.481 e. The molecule has 0 aliphatic carbocycles. The Morgan fingerprint density at radius 1 is 1.57 bits per heavy atom. The van der Waals surface area contributed by atoms with Crippen molar-refractivity contribution in [1.82, 2.24) is 0 Å². The molecule has 0 aliphatic heterocycles. The molecular formula is C10H11ClO2S. The van der Waals surface area contributed by atoms with Crippen molar-refractivity contribution < 1.29 is 9.90 Å². The summed E-state index contributed by atoms with van der Waals surface area (Å²) in [5.41, 5.74) is 0. The summed E-state index contributed by atoms with van der Waals surface area (Å²) in [5, 5.41) is 9.30. The van der Waals surface area contributed by atoms with Crippen LogP contribution < -0.4 is 0 Å². The van der Waals surface area contributed by atoms with Crippen molar-refractivity contribution in [2.24, 2.45) is 0 Å². The fourth-order valence-corrected chi connectivity index (χ4v) is 2.31. The second-order valence-electron chi connectivity index (χ2n) is 2.96. The molecule has 0 aliphatic rings. The van der Waals surface area contributed by atoms with Gasteiger partial charge in [-0.15, -0.1) is 11.8 Å². The van der Waals surface area contributed by atoms with Crippen LogP contribution in [0.2, 0.25) is 5.02 Å². The van der Waals surface area contributed by atoms with E-state index in [4.69, 9.17) is 16.7 Å². The first kappa shape index (κ1) is 11.4. The molecule has 0 radical (unpaired) electrons. The van der Waals surface area contributed by atoms with Gasteiger partial charge in [-0.3, -0.25) is 4.79 Å². The SMILES string of the molecule is C[C@@H](CC(=O)O)Sc1ccccc1Cl. The van der Waals surface area contributed by atoms with Gasteiger partial charge in [0.05, 0.1) is 11.4 Å². The van der Waals surface area contributed by atoms with E-state index in [9.17, 15) is 4.79 Å². The minimum absolute atomic E-state index is 0.0346. The van der Waals surface area contributed by atoms with E-state index in [2.05, 4.69) is 0 Å². The summed E-state index contributed by atoms with van der Waals surface area (Å²) in [6.45, 7) is 1.88. The minimum Gasteiger partial charge on any atom is -0.481 e. The average Bonchev–Trinajstić information content (AvgIpc) is 2.07. The van der Waals surface area contributed by atoms with Crippen LogP contribution in [0.1, 0.15) is 13.3 Å². The molecule has 1 rings (SSSR count). The molecule has 1 atom stereocenters. The molecule has 0 aromatic heterocycles. The van der Waals surface area contributed by atoms with Gasteiger partial charge in [0.1, 0.15) is 0 Å². The van der Waals surface area contributed by atoms with Crippen molar-refractivity contribution in [2.75, 3.05) is 0 Å². The number of carboxylic acids is 1. The van der Waals surface area contributed by atoms with Gasteiger partial charge in [0.25, 0.3) is 0 Å². The minimum atomic E-state index is -0.781. The number of hydrogen-bond acceptors (Lipinski definition) is 2. The van der Waals surface area contributed by atoms with Gasteiger partial charge in [0.2, 0.25) is 0 Å². The van der Waals surface area contributed by atoms with Crippen molar-refractivity contribution in [3.8, 4) is 0 Å². The van der Waals surface area contributed by atoms with E-state index >= 15 is 0 Å². The van der Waals surface area contributed by atoms with Crippen LogP contribution in [-0.2, 0) is 4.79 Å². The zero-order chi connectivity index (χ0) is 10.6. The van der Waals surface area contributed by atoms with Crippen LogP contribution in [0.3, 0.4) is 0 Å². The third kappa shape index (κ3) is 3.60. The first-order chi connectivity index (χ1) is 6.59.